The highest BCUT2D eigenvalue weighted by atomic mass is 127. The van der Waals surface area contributed by atoms with Gasteiger partial charge in [-0.15, -0.1) is 24.0 Å². The molecule has 0 aliphatic heterocycles. The first kappa shape index (κ1) is 25.3. The SMILES string of the molecule is CCNC(=NCCCc1nn(-c2ccccc2)c(N)c1C#N)NC1CCC(SC)C1.I. The minimum absolute atomic E-state index is 0. The van der Waals surface area contributed by atoms with E-state index in [2.05, 4.69) is 35.0 Å². The number of aromatic nitrogens is 2. The monoisotopic (exact) mass is 553 g/mol. The second-order valence-electron chi connectivity index (χ2n) is 7.44. The van der Waals surface area contributed by atoms with Crippen LogP contribution in [0.1, 0.15) is 43.9 Å². The fourth-order valence-electron chi connectivity index (χ4n) is 3.78. The summed E-state index contributed by atoms with van der Waals surface area (Å²) < 4.78 is 1.64. The number of hydrogen-bond donors (Lipinski definition) is 3. The van der Waals surface area contributed by atoms with Gasteiger partial charge < -0.3 is 16.4 Å². The Bertz CT molecular complexity index is 891. The molecule has 1 fully saturated rings. The summed E-state index contributed by atoms with van der Waals surface area (Å²) in [7, 11) is 0. The molecule has 4 N–H and O–H groups in total. The maximum Gasteiger partial charge on any atom is 0.191 e. The van der Waals surface area contributed by atoms with Crippen LogP contribution in [0.15, 0.2) is 35.3 Å². The molecule has 2 unspecified atom stereocenters. The fourth-order valence-corrected chi connectivity index (χ4v) is 4.57. The molecule has 1 heterocycles. The van der Waals surface area contributed by atoms with Gasteiger partial charge in [0, 0.05) is 24.4 Å². The van der Waals surface area contributed by atoms with Crippen molar-refractivity contribution in [2.45, 2.75) is 50.3 Å². The molecule has 7 nitrogen and oxygen atoms in total. The van der Waals surface area contributed by atoms with Gasteiger partial charge in [-0.25, -0.2) is 4.68 Å². The molecule has 2 atom stereocenters. The fraction of sp³-hybridized carbons (Fsp3) is 0.500. The van der Waals surface area contributed by atoms with Gasteiger partial charge in [-0.3, -0.25) is 4.99 Å². The van der Waals surface area contributed by atoms with Gasteiger partial charge >= 0.3 is 0 Å². The minimum Gasteiger partial charge on any atom is -0.382 e. The number of nitrogens with zero attached hydrogens (tertiary/aromatic N) is 4. The standard InChI is InChI=1S/C22H31N7S.HI/c1-3-25-22(27-16-11-12-18(14-16)30-2)26-13-7-10-20-19(15-23)21(24)29(28-20)17-8-5-4-6-9-17;/h4-6,8-9,16,18H,3,7,10-14,24H2,1-2H3,(H2,25,26,27);1H. The molecule has 0 amide bonds. The topological polar surface area (TPSA) is 104 Å². The molecule has 3 rings (SSSR count). The van der Waals surface area contributed by atoms with Gasteiger partial charge in [0.1, 0.15) is 17.5 Å². The Morgan fingerprint density at radius 3 is 2.77 bits per heavy atom. The van der Waals surface area contributed by atoms with Crippen LogP contribution in [0.5, 0.6) is 0 Å². The summed E-state index contributed by atoms with van der Waals surface area (Å²) in [6.07, 6.45) is 7.29. The zero-order chi connectivity index (χ0) is 21.3. The van der Waals surface area contributed by atoms with Crippen LogP contribution in [-0.4, -0.2) is 46.4 Å². The van der Waals surface area contributed by atoms with E-state index in [9.17, 15) is 5.26 Å². The molecule has 168 valence electrons. The summed E-state index contributed by atoms with van der Waals surface area (Å²) in [6, 6.07) is 12.4. The number of benzene rings is 1. The van der Waals surface area contributed by atoms with Gasteiger partial charge in [-0.05, 0) is 57.4 Å². The summed E-state index contributed by atoms with van der Waals surface area (Å²) in [5.74, 6) is 1.26. The van der Waals surface area contributed by atoms with Crippen molar-refractivity contribution in [3.8, 4) is 11.8 Å². The maximum absolute atomic E-state index is 9.54. The van der Waals surface area contributed by atoms with Crippen LogP contribution in [0.2, 0.25) is 0 Å². The Hall–Kier alpha value is -1.93. The summed E-state index contributed by atoms with van der Waals surface area (Å²) in [6.45, 7) is 3.58. The van der Waals surface area contributed by atoms with E-state index in [0.29, 0.717) is 30.4 Å². The Morgan fingerprint density at radius 1 is 1.35 bits per heavy atom. The lowest BCUT2D eigenvalue weighted by molar-refractivity contribution is 0.614. The number of para-hydroxylation sites is 1. The first-order valence-corrected chi connectivity index (χ1v) is 11.9. The molecule has 1 saturated carbocycles. The molecule has 2 aromatic rings. The molecule has 1 aliphatic carbocycles. The zero-order valence-electron chi connectivity index (χ0n) is 18.2. The van der Waals surface area contributed by atoms with Crippen molar-refractivity contribution in [3.05, 3.63) is 41.6 Å². The van der Waals surface area contributed by atoms with Crippen LogP contribution < -0.4 is 16.4 Å². The number of rotatable bonds is 8. The normalized spacial score (nSPS) is 18.3. The van der Waals surface area contributed by atoms with E-state index < -0.39 is 0 Å². The van der Waals surface area contributed by atoms with Crippen LogP contribution >= 0.6 is 35.7 Å². The predicted molar refractivity (Wildman–Crippen MR) is 140 cm³/mol. The maximum atomic E-state index is 9.54. The highest BCUT2D eigenvalue weighted by molar-refractivity contribution is 14.0. The van der Waals surface area contributed by atoms with E-state index >= 15 is 0 Å². The number of aryl methyl sites for hydroxylation is 1. The van der Waals surface area contributed by atoms with E-state index in [-0.39, 0.29) is 24.0 Å². The van der Waals surface area contributed by atoms with Gasteiger partial charge in [-0.1, -0.05) is 18.2 Å². The molecule has 1 aromatic heterocycles. The van der Waals surface area contributed by atoms with E-state index in [0.717, 1.165) is 35.6 Å². The molecule has 0 saturated heterocycles. The van der Waals surface area contributed by atoms with Crippen molar-refractivity contribution in [3.63, 3.8) is 0 Å². The highest BCUT2D eigenvalue weighted by Crippen LogP contribution is 2.28. The second-order valence-corrected chi connectivity index (χ2v) is 8.58. The van der Waals surface area contributed by atoms with Crippen LogP contribution in [0.3, 0.4) is 0 Å². The van der Waals surface area contributed by atoms with Gasteiger partial charge in [-0.2, -0.15) is 22.1 Å². The largest absolute Gasteiger partial charge is 0.382 e. The summed E-state index contributed by atoms with van der Waals surface area (Å²) >= 11 is 1.95. The van der Waals surface area contributed by atoms with Gasteiger partial charge in [0.25, 0.3) is 0 Å². The van der Waals surface area contributed by atoms with Crippen LogP contribution in [0, 0.1) is 11.3 Å². The van der Waals surface area contributed by atoms with E-state index in [4.69, 9.17) is 10.7 Å². The predicted octanol–water partition coefficient (Wildman–Crippen LogP) is 3.72. The van der Waals surface area contributed by atoms with Crippen LogP contribution in [-0.2, 0) is 6.42 Å². The first-order valence-electron chi connectivity index (χ1n) is 10.6. The third-order valence-corrected chi connectivity index (χ3v) is 6.45. The Balaban J connectivity index is 0.00000341. The molecule has 0 spiro atoms. The van der Waals surface area contributed by atoms with Crippen LogP contribution in [0.25, 0.3) is 5.69 Å². The van der Waals surface area contributed by atoms with Crippen LogP contribution in [0.4, 0.5) is 5.82 Å². The molecule has 1 aliphatic rings. The number of nitrogen functional groups attached to an aromatic ring is 1. The van der Waals surface area contributed by atoms with E-state index in [1.807, 2.05) is 42.1 Å². The summed E-state index contributed by atoms with van der Waals surface area (Å²) in [5, 5.41) is 21.8. The molecule has 0 bridgehead atoms. The average molecular weight is 554 g/mol. The number of halogens is 1. The van der Waals surface area contributed by atoms with Crippen molar-refractivity contribution in [2.75, 3.05) is 25.1 Å². The van der Waals surface area contributed by atoms with Crippen molar-refractivity contribution in [1.82, 2.24) is 20.4 Å². The molecule has 31 heavy (non-hydrogen) atoms. The third kappa shape index (κ3) is 6.77. The lowest BCUT2D eigenvalue weighted by Crippen LogP contribution is -2.42. The molecule has 1 aromatic carbocycles. The summed E-state index contributed by atoms with van der Waals surface area (Å²) in [4.78, 5) is 4.72. The number of anilines is 1. The summed E-state index contributed by atoms with van der Waals surface area (Å²) in [5.41, 5.74) is 8.22. The second kappa shape index (κ2) is 12.8. The molecular weight excluding hydrogens is 521 g/mol. The molecular formula is C22H32IN7S. The number of thioether (sulfide) groups is 1. The van der Waals surface area contributed by atoms with Crippen molar-refractivity contribution in [1.29, 1.82) is 5.26 Å². The molecule has 9 heteroatoms. The smallest absolute Gasteiger partial charge is 0.191 e. The highest BCUT2D eigenvalue weighted by Gasteiger charge is 2.24. The number of nitriles is 1. The first-order chi connectivity index (χ1) is 14.7. The van der Waals surface area contributed by atoms with E-state index in [1.54, 1.807) is 4.68 Å². The average Bonchev–Trinajstić information content (AvgIpc) is 3.35. The number of hydrogen-bond acceptors (Lipinski definition) is 5. The van der Waals surface area contributed by atoms with E-state index in [1.165, 1.54) is 19.3 Å². The quantitative estimate of drug-likeness (QED) is 0.199. The Morgan fingerprint density at radius 2 is 2.13 bits per heavy atom. The number of nitrogens with two attached hydrogens (primary N) is 1. The third-order valence-electron chi connectivity index (χ3n) is 5.35. The van der Waals surface area contributed by atoms with Crippen molar-refractivity contribution >= 4 is 47.5 Å². The van der Waals surface area contributed by atoms with Gasteiger partial charge in [0.15, 0.2) is 5.96 Å². The number of aliphatic imine (C=N–C) groups is 1. The number of nitrogens with one attached hydrogen (secondary N) is 2. The Labute approximate surface area is 206 Å². The van der Waals surface area contributed by atoms with Gasteiger partial charge in [0.2, 0.25) is 0 Å². The molecule has 0 radical (unpaired) electrons. The van der Waals surface area contributed by atoms with Crippen molar-refractivity contribution < 1.29 is 0 Å². The zero-order valence-corrected chi connectivity index (χ0v) is 21.3. The van der Waals surface area contributed by atoms with Gasteiger partial charge in [0.05, 0.1) is 11.4 Å². The minimum atomic E-state index is 0. The Kier molecular flexibility index (Phi) is 10.5. The van der Waals surface area contributed by atoms with Crippen molar-refractivity contribution in [2.24, 2.45) is 4.99 Å². The lowest BCUT2D eigenvalue weighted by Gasteiger charge is -2.17. The lowest BCUT2D eigenvalue weighted by atomic mass is 10.1. The number of guanidine groups is 1.